The van der Waals surface area contributed by atoms with Crippen LogP contribution in [-0.2, 0) is 0 Å². The van der Waals surface area contributed by atoms with Gasteiger partial charge >= 0.3 is 0 Å². The van der Waals surface area contributed by atoms with Crippen molar-refractivity contribution in [2.75, 3.05) is 20.2 Å². The maximum absolute atomic E-state index is 12.4. The molecule has 1 aromatic heterocycles. The summed E-state index contributed by atoms with van der Waals surface area (Å²) in [5, 5.41) is 9.03. The topological polar surface area (TPSA) is 104 Å². The van der Waals surface area contributed by atoms with Crippen molar-refractivity contribution in [2.24, 2.45) is 0 Å². The van der Waals surface area contributed by atoms with Gasteiger partial charge < -0.3 is 15.0 Å². The van der Waals surface area contributed by atoms with Gasteiger partial charge in [-0.25, -0.2) is 5.10 Å². The summed E-state index contributed by atoms with van der Waals surface area (Å²) >= 11 is 0. The van der Waals surface area contributed by atoms with Gasteiger partial charge in [0, 0.05) is 25.2 Å². The van der Waals surface area contributed by atoms with E-state index in [1.165, 1.54) is 19.2 Å². The molecule has 2 heterocycles. The molecule has 2 aromatic rings. The normalized spacial score (nSPS) is 14.7. The number of methoxy groups -OCH3 is 1. The number of amides is 2. The van der Waals surface area contributed by atoms with Gasteiger partial charge in [-0.05, 0) is 31.0 Å². The standard InChI is InChI=1S/C18H20N4O4/c1-26-15-5-3-2-4-13(15)17(24)19-12-8-10-22(11-9-12)18(25)14-6-7-16(23)21-20-14/h2-7,12H,8-11H2,1H3,(H,19,24)(H,21,23). The highest BCUT2D eigenvalue weighted by atomic mass is 16.5. The zero-order chi connectivity index (χ0) is 18.5. The van der Waals surface area contributed by atoms with Gasteiger partial charge in [-0.2, -0.15) is 5.10 Å². The van der Waals surface area contributed by atoms with E-state index < -0.39 is 0 Å². The summed E-state index contributed by atoms with van der Waals surface area (Å²) in [5.74, 6) is 0.118. The second kappa shape index (κ2) is 7.81. The van der Waals surface area contributed by atoms with Crippen molar-refractivity contribution in [1.82, 2.24) is 20.4 Å². The van der Waals surface area contributed by atoms with Crippen LogP contribution >= 0.6 is 0 Å². The lowest BCUT2D eigenvalue weighted by Crippen LogP contribution is -2.46. The number of hydrogen-bond donors (Lipinski definition) is 2. The van der Waals surface area contributed by atoms with E-state index in [9.17, 15) is 14.4 Å². The van der Waals surface area contributed by atoms with Gasteiger partial charge in [-0.3, -0.25) is 14.4 Å². The molecule has 0 bridgehead atoms. The molecule has 1 aliphatic rings. The molecular weight excluding hydrogens is 336 g/mol. The maximum atomic E-state index is 12.4. The largest absolute Gasteiger partial charge is 0.496 e. The van der Waals surface area contributed by atoms with Gasteiger partial charge in [0.15, 0.2) is 0 Å². The number of piperidine rings is 1. The molecule has 0 aliphatic carbocycles. The number of hydrogen-bond acceptors (Lipinski definition) is 5. The summed E-state index contributed by atoms with van der Waals surface area (Å²) in [4.78, 5) is 37.5. The fourth-order valence-corrected chi connectivity index (χ4v) is 2.95. The number of aromatic nitrogens is 2. The molecule has 3 rings (SSSR count). The van der Waals surface area contributed by atoms with E-state index in [1.54, 1.807) is 23.1 Å². The fraction of sp³-hybridized carbons (Fsp3) is 0.333. The highest BCUT2D eigenvalue weighted by molar-refractivity contribution is 5.97. The first-order valence-electron chi connectivity index (χ1n) is 8.37. The molecule has 0 saturated carbocycles. The molecule has 8 nitrogen and oxygen atoms in total. The number of benzene rings is 1. The minimum absolute atomic E-state index is 0.0139. The summed E-state index contributed by atoms with van der Waals surface area (Å²) < 4.78 is 5.22. The van der Waals surface area contributed by atoms with Crippen LogP contribution < -0.4 is 15.6 Å². The number of ether oxygens (including phenoxy) is 1. The highest BCUT2D eigenvalue weighted by Gasteiger charge is 2.26. The Morgan fingerprint density at radius 3 is 2.58 bits per heavy atom. The molecule has 1 aromatic carbocycles. The van der Waals surface area contributed by atoms with Gasteiger partial charge in [-0.15, -0.1) is 0 Å². The third-order valence-electron chi connectivity index (χ3n) is 4.37. The third kappa shape index (κ3) is 3.90. The molecule has 2 N–H and O–H groups in total. The van der Waals surface area contributed by atoms with Gasteiger partial charge in [0.1, 0.15) is 11.4 Å². The van der Waals surface area contributed by atoms with Crippen LogP contribution in [0.4, 0.5) is 0 Å². The van der Waals surface area contributed by atoms with Crippen molar-refractivity contribution < 1.29 is 14.3 Å². The Morgan fingerprint density at radius 2 is 1.92 bits per heavy atom. The summed E-state index contributed by atoms with van der Waals surface area (Å²) in [5.41, 5.74) is 0.353. The van der Waals surface area contributed by atoms with Crippen molar-refractivity contribution in [3.05, 3.63) is 58.0 Å². The van der Waals surface area contributed by atoms with E-state index in [0.717, 1.165) is 0 Å². The van der Waals surface area contributed by atoms with Crippen LogP contribution in [0.25, 0.3) is 0 Å². The van der Waals surface area contributed by atoms with Crippen LogP contribution in [0.2, 0.25) is 0 Å². The molecule has 8 heteroatoms. The first kappa shape index (κ1) is 17.7. The summed E-state index contributed by atoms with van der Waals surface area (Å²) in [7, 11) is 1.53. The molecule has 1 fully saturated rings. The van der Waals surface area contributed by atoms with Crippen molar-refractivity contribution in [3.63, 3.8) is 0 Å². The van der Waals surface area contributed by atoms with E-state index in [4.69, 9.17) is 4.74 Å². The number of H-pyrrole nitrogens is 1. The fourth-order valence-electron chi connectivity index (χ4n) is 2.95. The van der Waals surface area contributed by atoms with Crippen LogP contribution in [0.3, 0.4) is 0 Å². The van der Waals surface area contributed by atoms with Crippen molar-refractivity contribution in [1.29, 1.82) is 0 Å². The average molecular weight is 356 g/mol. The Bertz CT molecular complexity index is 836. The minimum atomic E-state index is -0.348. The summed E-state index contributed by atoms with van der Waals surface area (Å²) in [6.45, 7) is 1.02. The SMILES string of the molecule is COc1ccccc1C(=O)NC1CCN(C(=O)c2ccc(=O)[nH]n2)CC1. The quantitative estimate of drug-likeness (QED) is 0.844. The Balaban J connectivity index is 1.57. The van der Waals surface area contributed by atoms with Gasteiger partial charge in [-0.1, -0.05) is 12.1 Å². The Labute approximate surface area is 150 Å². The lowest BCUT2D eigenvalue weighted by Gasteiger charge is -2.32. The van der Waals surface area contributed by atoms with E-state index in [-0.39, 0.29) is 29.1 Å². The van der Waals surface area contributed by atoms with Crippen LogP contribution in [-0.4, -0.2) is 53.2 Å². The second-order valence-electron chi connectivity index (χ2n) is 6.05. The number of nitrogens with zero attached hydrogens (tertiary/aromatic N) is 2. The number of aromatic amines is 1. The molecule has 1 saturated heterocycles. The minimum Gasteiger partial charge on any atom is -0.496 e. The number of carbonyl (C=O) groups excluding carboxylic acids is 2. The number of nitrogens with one attached hydrogen (secondary N) is 2. The van der Waals surface area contributed by atoms with E-state index >= 15 is 0 Å². The lowest BCUT2D eigenvalue weighted by atomic mass is 10.0. The smallest absolute Gasteiger partial charge is 0.274 e. The molecule has 26 heavy (non-hydrogen) atoms. The maximum Gasteiger partial charge on any atom is 0.274 e. The Kier molecular flexibility index (Phi) is 5.31. The molecular formula is C18H20N4O4. The van der Waals surface area contributed by atoms with Crippen molar-refractivity contribution in [2.45, 2.75) is 18.9 Å². The second-order valence-corrected chi connectivity index (χ2v) is 6.05. The van der Waals surface area contributed by atoms with Gasteiger partial charge in [0.05, 0.1) is 12.7 Å². The predicted molar refractivity (Wildman–Crippen MR) is 94.2 cm³/mol. The van der Waals surface area contributed by atoms with Crippen LogP contribution in [0.15, 0.2) is 41.2 Å². The third-order valence-corrected chi connectivity index (χ3v) is 4.37. The Morgan fingerprint density at radius 1 is 1.19 bits per heavy atom. The first-order valence-corrected chi connectivity index (χ1v) is 8.37. The van der Waals surface area contributed by atoms with Crippen LogP contribution in [0.1, 0.15) is 33.7 Å². The summed E-state index contributed by atoms with van der Waals surface area (Å²) in [6.07, 6.45) is 1.30. The molecule has 0 radical (unpaired) electrons. The molecule has 1 aliphatic heterocycles. The van der Waals surface area contributed by atoms with Gasteiger partial charge in [0.2, 0.25) is 0 Å². The lowest BCUT2D eigenvalue weighted by molar-refractivity contribution is 0.0691. The average Bonchev–Trinajstić information content (AvgIpc) is 2.68. The summed E-state index contributed by atoms with van der Waals surface area (Å²) in [6, 6.07) is 9.74. The Hall–Kier alpha value is -3.16. The number of rotatable bonds is 4. The van der Waals surface area contributed by atoms with Crippen molar-refractivity contribution >= 4 is 11.8 Å². The van der Waals surface area contributed by atoms with E-state index in [2.05, 4.69) is 15.5 Å². The highest BCUT2D eigenvalue weighted by Crippen LogP contribution is 2.19. The van der Waals surface area contributed by atoms with Crippen molar-refractivity contribution in [3.8, 4) is 5.75 Å². The predicted octanol–water partition coefficient (Wildman–Crippen LogP) is 0.813. The van der Waals surface area contributed by atoms with E-state index in [0.29, 0.717) is 37.2 Å². The molecule has 0 spiro atoms. The van der Waals surface area contributed by atoms with E-state index in [1.807, 2.05) is 6.07 Å². The number of para-hydroxylation sites is 1. The number of likely N-dealkylation sites (tertiary alicyclic amines) is 1. The molecule has 2 amide bonds. The molecule has 136 valence electrons. The van der Waals surface area contributed by atoms with Crippen LogP contribution in [0, 0.1) is 0 Å². The first-order chi connectivity index (χ1) is 12.6. The zero-order valence-corrected chi connectivity index (χ0v) is 14.4. The molecule has 0 unspecified atom stereocenters. The monoisotopic (exact) mass is 356 g/mol. The van der Waals surface area contributed by atoms with Gasteiger partial charge in [0.25, 0.3) is 17.4 Å². The molecule has 0 atom stereocenters. The number of carbonyl (C=O) groups is 2. The van der Waals surface area contributed by atoms with Crippen LogP contribution in [0.5, 0.6) is 5.75 Å². The zero-order valence-electron chi connectivity index (χ0n) is 14.4.